The van der Waals surface area contributed by atoms with Crippen LogP contribution in [0.5, 0.6) is 0 Å². The van der Waals surface area contributed by atoms with E-state index in [1.54, 1.807) is 0 Å². The van der Waals surface area contributed by atoms with Crippen LogP contribution in [0.2, 0.25) is 0 Å². The van der Waals surface area contributed by atoms with Crippen LogP contribution in [0.25, 0.3) is 11.1 Å². The van der Waals surface area contributed by atoms with Gasteiger partial charge in [0.15, 0.2) is 5.58 Å². The van der Waals surface area contributed by atoms with E-state index in [0.29, 0.717) is 17.6 Å². The number of nitrogens with zero attached hydrogens (tertiary/aromatic N) is 2. The predicted octanol–water partition coefficient (Wildman–Crippen LogP) is 2.21. The molecule has 0 unspecified atom stereocenters. The highest BCUT2D eigenvalue weighted by molar-refractivity contribution is 7.80. The molecule has 0 N–H and O–H groups in total. The van der Waals surface area contributed by atoms with E-state index in [1.165, 1.54) is 22.8 Å². The Morgan fingerprint density at radius 1 is 1.39 bits per heavy atom. The Morgan fingerprint density at radius 2 is 2.17 bits per heavy atom. The van der Waals surface area contributed by atoms with Crippen LogP contribution in [0.1, 0.15) is 12.8 Å². The summed E-state index contributed by atoms with van der Waals surface area (Å²) in [6.45, 7) is 0.480. The molecule has 1 heterocycles. The number of benzene rings is 1. The standard InChI is InChI=1S/C11H12N2O4S/c14-11-12(5-1-2-6-18)9-7-8(13(15)16)3-4-10(9)17-11/h3-4,7,18H,1-2,5-6H2. The number of nitro benzene ring substituents is 1. The normalized spacial score (nSPS) is 10.9. The summed E-state index contributed by atoms with van der Waals surface area (Å²) in [5.74, 6) is 0.259. The third-order valence-corrected chi connectivity index (χ3v) is 2.97. The van der Waals surface area contributed by atoms with Crippen molar-refractivity contribution in [1.29, 1.82) is 0 Å². The minimum atomic E-state index is -0.491. The summed E-state index contributed by atoms with van der Waals surface area (Å²) in [5, 5.41) is 10.7. The molecule has 0 fully saturated rings. The highest BCUT2D eigenvalue weighted by Crippen LogP contribution is 2.20. The lowest BCUT2D eigenvalue weighted by molar-refractivity contribution is -0.384. The summed E-state index contributed by atoms with van der Waals surface area (Å²) in [4.78, 5) is 21.8. The van der Waals surface area contributed by atoms with E-state index in [1.807, 2.05) is 0 Å². The van der Waals surface area contributed by atoms with Crippen LogP contribution in [0.3, 0.4) is 0 Å². The van der Waals surface area contributed by atoms with E-state index in [0.717, 1.165) is 18.6 Å². The average Bonchev–Trinajstić information content (AvgIpc) is 2.65. The lowest BCUT2D eigenvalue weighted by atomic mass is 10.2. The molecule has 7 heteroatoms. The van der Waals surface area contributed by atoms with Gasteiger partial charge in [0.25, 0.3) is 5.69 Å². The molecule has 0 aliphatic rings. The molecule has 0 atom stereocenters. The van der Waals surface area contributed by atoms with E-state index in [-0.39, 0.29) is 5.69 Å². The number of thiol groups is 1. The largest absolute Gasteiger partial charge is 0.419 e. The van der Waals surface area contributed by atoms with Crippen molar-refractivity contribution in [3.63, 3.8) is 0 Å². The molecule has 18 heavy (non-hydrogen) atoms. The Labute approximate surface area is 108 Å². The fourth-order valence-corrected chi connectivity index (χ4v) is 1.98. The third-order valence-electron chi connectivity index (χ3n) is 2.65. The maximum atomic E-state index is 11.6. The molecule has 1 aromatic heterocycles. The summed E-state index contributed by atoms with van der Waals surface area (Å²) in [5.41, 5.74) is 0.788. The first-order chi connectivity index (χ1) is 8.63. The zero-order valence-corrected chi connectivity index (χ0v) is 10.4. The van der Waals surface area contributed by atoms with Crippen LogP contribution >= 0.6 is 12.6 Å². The molecule has 1 aromatic carbocycles. The van der Waals surface area contributed by atoms with E-state index in [4.69, 9.17) is 4.42 Å². The maximum Gasteiger partial charge on any atom is 0.419 e. The number of oxazole rings is 1. The second kappa shape index (κ2) is 5.26. The molecule has 0 amide bonds. The van der Waals surface area contributed by atoms with Crippen LogP contribution in [0.4, 0.5) is 5.69 Å². The van der Waals surface area contributed by atoms with E-state index < -0.39 is 10.7 Å². The zero-order chi connectivity index (χ0) is 13.1. The molecule has 2 rings (SSSR count). The summed E-state index contributed by atoms with van der Waals surface area (Å²) < 4.78 is 6.45. The summed E-state index contributed by atoms with van der Waals surface area (Å²) in [7, 11) is 0. The third kappa shape index (κ3) is 2.40. The van der Waals surface area contributed by atoms with Crippen molar-refractivity contribution < 1.29 is 9.34 Å². The molecule has 96 valence electrons. The molecule has 0 aliphatic carbocycles. The topological polar surface area (TPSA) is 78.3 Å². The van der Waals surface area contributed by atoms with Gasteiger partial charge in [0.05, 0.1) is 10.4 Å². The highest BCUT2D eigenvalue weighted by atomic mass is 32.1. The summed E-state index contributed by atoms with van der Waals surface area (Å²) in [6, 6.07) is 4.13. The Morgan fingerprint density at radius 3 is 2.83 bits per heavy atom. The van der Waals surface area contributed by atoms with Crippen LogP contribution in [0, 0.1) is 10.1 Å². The molecule has 0 bridgehead atoms. The van der Waals surface area contributed by atoms with Crippen molar-refractivity contribution in [2.24, 2.45) is 0 Å². The van der Waals surface area contributed by atoms with Gasteiger partial charge in [0.2, 0.25) is 0 Å². The Bertz CT molecular complexity index is 631. The number of hydrogen-bond donors (Lipinski definition) is 1. The SMILES string of the molecule is O=c1oc2ccc([N+](=O)[O-])cc2n1CCCCS. The lowest BCUT2D eigenvalue weighted by Crippen LogP contribution is -2.14. The molecule has 0 saturated heterocycles. The second-order valence-corrected chi connectivity index (χ2v) is 4.31. The average molecular weight is 268 g/mol. The van der Waals surface area contributed by atoms with Gasteiger partial charge < -0.3 is 4.42 Å². The van der Waals surface area contributed by atoms with E-state index in [2.05, 4.69) is 12.6 Å². The van der Waals surface area contributed by atoms with E-state index >= 15 is 0 Å². The zero-order valence-electron chi connectivity index (χ0n) is 9.54. The van der Waals surface area contributed by atoms with Crippen LogP contribution < -0.4 is 5.76 Å². The molecular weight excluding hydrogens is 256 g/mol. The first-order valence-electron chi connectivity index (χ1n) is 5.52. The van der Waals surface area contributed by atoms with Gasteiger partial charge in [0.1, 0.15) is 0 Å². The lowest BCUT2D eigenvalue weighted by Gasteiger charge is -2.00. The molecule has 6 nitrogen and oxygen atoms in total. The number of aryl methyl sites for hydroxylation is 1. The molecular formula is C11H12N2O4S. The number of aromatic nitrogens is 1. The number of hydrogen-bond acceptors (Lipinski definition) is 5. The van der Waals surface area contributed by atoms with E-state index in [9.17, 15) is 14.9 Å². The Kier molecular flexibility index (Phi) is 3.71. The van der Waals surface area contributed by atoms with Crippen molar-refractivity contribution in [1.82, 2.24) is 4.57 Å². The first-order valence-corrected chi connectivity index (χ1v) is 6.15. The molecule has 0 spiro atoms. The van der Waals surface area contributed by atoms with Crippen molar-refractivity contribution in [2.75, 3.05) is 5.75 Å². The van der Waals surface area contributed by atoms with Crippen LogP contribution in [-0.2, 0) is 6.54 Å². The number of nitro groups is 1. The van der Waals surface area contributed by atoms with Crippen molar-refractivity contribution in [3.8, 4) is 0 Å². The van der Waals surface area contributed by atoms with Gasteiger partial charge >= 0.3 is 5.76 Å². The molecule has 0 saturated carbocycles. The monoisotopic (exact) mass is 268 g/mol. The summed E-state index contributed by atoms with van der Waals surface area (Å²) >= 11 is 4.09. The Hall–Kier alpha value is -1.76. The van der Waals surface area contributed by atoms with Crippen LogP contribution in [-0.4, -0.2) is 15.2 Å². The van der Waals surface area contributed by atoms with Gasteiger partial charge in [-0.15, -0.1) is 0 Å². The van der Waals surface area contributed by atoms with Crippen LogP contribution in [0.15, 0.2) is 27.4 Å². The van der Waals surface area contributed by atoms with Crippen molar-refractivity contribution in [3.05, 3.63) is 38.9 Å². The highest BCUT2D eigenvalue weighted by Gasteiger charge is 2.13. The van der Waals surface area contributed by atoms with Gasteiger partial charge in [0, 0.05) is 18.7 Å². The number of rotatable bonds is 5. The van der Waals surface area contributed by atoms with Gasteiger partial charge in [-0.1, -0.05) is 0 Å². The Balaban J connectivity index is 2.43. The van der Waals surface area contributed by atoms with Crippen molar-refractivity contribution >= 4 is 29.4 Å². The quantitative estimate of drug-likeness (QED) is 0.390. The summed E-state index contributed by atoms with van der Waals surface area (Å²) in [6.07, 6.45) is 1.65. The maximum absolute atomic E-state index is 11.6. The predicted molar refractivity (Wildman–Crippen MR) is 70.2 cm³/mol. The molecule has 0 radical (unpaired) electrons. The molecule has 0 aliphatic heterocycles. The number of non-ortho nitro benzene ring substituents is 1. The minimum Gasteiger partial charge on any atom is -0.408 e. The number of unbranched alkanes of at least 4 members (excludes halogenated alkanes) is 1. The van der Waals surface area contributed by atoms with Gasteiger partial charge in [-0.3, -0.25) is 14.7 Å². The smallest absolute Gasteiger partial charge is 0.408 e. The molecule has 2 aromatic rings. The minimum absolute atomic E-state index is 0.0498. The number of fused-ring (bicyclic) bond motifs is 1. The van der Waals surface area contributed by atoms with Gasteiger partial charge in [-0.25, -0.2) is 4.79 Å². The first kappa shape index (κ1) is 12.7. The van der Waals surface area contributed by atoms with Crippen molar-refractivity contribution in [2.45, 2.75) is 19.4 Å². The second-order valence-electron chi connectivity index (χ2n) is 3.86. The fraction of sp³-hybridized carbons (Fsp3) is 0.364. The van der Waals surface area contributed by atoms with Gasteiger partial charge in [-0.2, -0.15) is 12.6 Å². The van der Waals surface area contributed by atoms with Gasteiger partial charge in [-0.05, 0) is 24.7 Å². The fourth-order valence-electron chi connectivity index (χ4n) is 1.76.